The summed E-state index contributed by atoms with van der Waals surface area (Å²) < 4.78 is 5.24. The van der Waals surface area contributed by atoms with Crippen LogP contribution in [-0.4, -0.2) is 54.9 Å². The molecule has 0 aromatic heterocycles. The molecule has 4 rings (SSSR count). The van der Waals surface area contributed by atoms with Crippen molar-refractivity contribution in [3.63, 3.8) is 0 Å². The Kier molecular flexibility index (Phi) is 6.58. The van der Waals surface area contributed by atoms with E-state index < -0.39 is 12.1 Å². The Balaban J connectivity index is 1.71. The van der Waals surface area contributed by atoms with E-state index in [-0.39, 0.29) is 30.3 Å². The van der Waals surface area contributed by atoms with Gasteiger partial charge in [0.1, 0.15) is 11.8 Å². The number of hydrogen-bond donors (Lipinski definition) is 2. The fraction of sp³-hybridized carbons (Fsp3) is 0.346. The maximum absolute atomic E-state index is 13.8. The molecule has 4 amide bonds. The second kappa shape index (κ2) is 9.59. The largest absolute Gasteiger partial charge is 0.497 e. The zero-order valence-electron chi connectivity index (χ0n) is 19.9. The zero-order valence-corrected chi connectivity index (χ0v) is 19.9. The van der Waals surface area contributed by atoms with Gasteiger partial charge in [-0.25, -0.2) is 4.79 Å². The van der Waals surface area contributed by atoms with E-state index in [9.17, 15) is 14.4 Å². The summed E-state index contributed by atoms with van der Waals surface area (Å²) in [6, 6.07) is 14.8. The summed E-state index contributed by atoms with van der Waals surface area (Å²) >= 11 is 0. The highest BCUT2D eigenvalue weighted by molar-refractivity contribution is 6.03. The van der Waals surface area contributed by atoms with Crippen molar-refractivity contribution in [2.75, 3.05) is 27.2 Å². The topological polar surface area (TPSA) is 91.0 Å². The second-order valence-corrected chi connectivity index (χ2v) is 8.96. The number of carbonyl (C=O) groups is 3. The first-order chi connectivity index (χ1) is 16.3. The lowest BCUT2D eigenvalue weighted by molar-refractivity contribution is -0.136. The number of methoxy groups -OCH3 is 1. The molecule has 2 N–H and O–H groups in total. The number of nitrogens with one attached hydrogen (secondary N) is 2. The molecule has 0 spiro atoms. The number of hydrogen-bond acceptors (Lipinski definition) is 4. The van der Waals surface area contributed by atoms with Crippen molar-refractivity contribution in [1.82, 2.24) is 20.4 Å². The van der Waals surface area contributed by atoms with Crippen molar-refractivity contribution >= 4 is 17.8 Å². The van der Waals surface area contributed by atoms with Crippen LogP contribution in [0.4, 0.5) is 4.79 Å². The summed E-state index contributed by atoms with van der Waals surface area (Å²) in [5, 5.41) is 5.90. The molecule has 2 heterocycles. The minimum absolute atomic E-state index is 0.166. The van der Waals surface area contributed by atoms with Crippen LogP contribution in [0, 0.1) is 5.92 Å². The van der Waals surface area contributed by atoms with Gasteiger partial charge >= 0.3 is 6.03 Å². The highest BCUT2D eigenvalue weighted by atomic mass is 16.5. The molecule has 0 fully saturated rings. The van der Waals surface area contributed by atoms with E-state index in [2.05, 4.69) is 10.6 Å². The summed E-state index contributed by atoms with van der Waals surface area (Å²) in [5.74, 6) is 0.447. The molecular weight excluding hydrogens is 432 g/mol. The molecule has 2 aromatic carbocycles. The van der Waals surface area contributed by atoms with E-state index in [0.717, 1.165) is 11.1 Å². The predicted molar refractivity (Wildman–Crippen MR) is 128 cm³/mol. The SMILES string of the molecule is COc1ccc([C@H]2NC(=O)N(C)C3=C2C(=O)N([C@@H](C(=O)NCC(C)C)c2ccccc2)C3)cc1. The van der Waals surface area contributed by atoms with Crippen LogP contribution in [0.2, 0.25) is 0 Å². The highest BCUT2D eigenvalue weighted by Gasteiger charge is 2.46. The third-order valence-electron chi connectivity index (χ3n) is 6.20. The van der Waals surface area contributed by atoms with Gasteiger partial charge in [-0.1, -0.05) is 56.3 Å². The number of nitrogens with zero attached hydrogens (tertiary/aromatic N) is 2. The van der Waals surface area contributed by atoms with Crippen molar-refractivity contribution < 1.29 is 19.1 Å². The molecule has 2 aliphatic rings. The molecule has 8 heteroatoms. The van der Waals surface area contributed by atoms with Gasteiger partial charge in [0.25, 0.3) is 5.91 Å². The number of likely N-dealkylation sites (N-methyl/N-ethyl adjacent to an activating group) is 1. The maximum atomic E-state index is 13.8. The van der Waals surface area contributed by atoms with Crippen LogP contribution in [0.1, 0.15) is 37.1 Å². The maximum Gasteiger partial charge on any atom is 0.322 e. The second-order valence-electron chi connectivity index (χ2n) is 8.96. The molecule has 2 atom stereocenters. The van der Waals surface area contributed by atoms with Crippen molar-refractivity contribution in [2.45, 2.75) is 25.9 Å². The molecule has 0 saturated heterocycles. The fourth-order valence-corrected chi connectivity index (χ4v) is 4.35. The Morgan fingerprint density at radius 3 is 2.41 bits per heavy atom. The molecule has 8 nitrogen and oxygen atoms in total. The first kappa shape index (κ1) is 23.4. The van der Waals surface area contributed by atoms with Crippen LogP contribution < -0.4 is 15.4 Å². The Hall–Kier alpha value is -3.81. The van der Waals surface area contributed by atoms with Gasteiger partial charge in [-0.2, -0.15) is 0 Å². The summed E-state index contributed by atoms with van der Waals surface area (Å²) in [6.07, 6.45) is 0. The lowest BCUT2D eigenvalue weighted by Gasteiger charge is -2.31. The molecule has 0 bridgehead atoms. The molecule has 2 aromatic rings. The van der Waals surface area contributed by atoms with Gasteiger partial charge in [-0.3, -0.25) is 14.5 Å². The van der Waals surface area contributed by atoms with Crippen LogP contribution >= 0.6 is 0 Å². The molecule has 0 unspecified atom stereocenters. The molecule has 0 saturated carbocycles. The van der Waals surface area contributed by atoms with Crippen molar-refractivity contribution in [3.8, 4) is 5.75 Å². The summed E-state index contributed by atoms with van der Waals surface area (Å²) in [6.45, 7) is 4.71. The number of amides is 4. The minimum atomic E-state index is -0.807. The van der Waals surface area contributed by atoms with E-state index in [1.165, 1.54) is 4.90 Å². The van der Waals surface area contributed by atoms with E-state index >= 15 is 0 Å². The molecule has 0 aliphatic carbocycles. The van der Waals surface area contributed by atoms with Crippen molar-refractivity contribution in [2.24, 2.45) is 5.92 Å². The van der Waals surface area contributed by atoms with Crippen LogP contribution in [0.15, 0.2) is 65.9 Å². The predicted octanol–water partition coefficient (Wildman–Crippen LogP) is 3.00. The Bertz CT molecular complexity index is 1110. The molecule has 0 radical (unpaired) electrons. The average molecular weight is 463 g/mol. The minimum Gasteiger partial charge on any atom is -0.497 e. The van der Waals surface area contributed by atoms with Crippen LogP contribution in [0.3, 0.4) is 0 Å². The van der Waals surface area contributed by atoms with Gasteiger partial charge in [0.15, 0.2) is 0 Å². The van der Waals surface area contributed by atoms with Gasteiger partial charge < -0.3 is 20.3 Å². The monoisotopic (exact) mass is 462 g/mol. The zero-order chi connectivity index (χ0) is 24.4. The van der Waals surface area contributed by atoms with Gasteiger partial charge in [0, 0.05) is 13.6 Å². The van der Waals surface area contributed by atoms with Gasteiger partial charge in [-0.15, -0.1) is 0 Å². The molecular formula is C26H30N4O4. The summed E-state index contributed by atoms with van der Waals surface area (Å²) in [7, 11) is 3.22. The van der Waals surface area contributed by atoms with Gasteiger partial charge in [0.2, 0.25) is 5.91 Å². The number of benzene rings is 2. The Labute approximate surface area is 199 Å². The van der Waals surface area contributed by atoms with E-state index in [1.807, 2.05) is 56.3 Å². The van der Waals surface area contributed by atoms with E-state index in [0.29, 0.717) is 23.6 Å². The summed E-state index contributed by atoms with van der Waals surface area (Å²) in [5.41, 5.74) is 2.57. The number of urea groups is 1. The summed E-state index contributed by atoms with van der Waals surface area (Å²) in [4.78, 5) is 42.9. The van der Waals surface area contributed by atoms with E-state index in [4.69, 9.17) is 4.74 Å². The lowest BCUT2D eigenvalue weighted by Crippen LogP contribution is -2.45. The first-order valence-electron chi connectivity index (χ1n) is 11.4. The van der Waals surface area contributed by atoms with Gasteiger partial charge in [0.05, 0.1) is 31.0 Å². The normalized spacial score (nSPS) is 18.7. The molecule has 34 heavy (non-hydrogen) atoms. The fourth-order valence-electron chi connectivity index (χ4n) is 4.35. The third kappa shape index (κ3) is 4.35. The number of rotatable bonds is 7. The third-order valence-corrected chi connectivity index (χ3v) is 6.20. The first-order valence-corrected chi connectivity index (χ1v) is 11.4. The smallest absolute Gasteiger partial charge is 0.322 e. The number of carbonyl (C=O) groups excluding carboxylic acids is 3. The Morgan fingerprint density at radius 2 is 1.79 bits per heavy atom. The van der Waals surface area contributed by atoms with Crippen molar-refractivity contribution in [1.29, 1.82) is 0 Å². The van der Waals surface area contributed by atoms with Crippen LogP contribution in [-0.2, 0) is 9.59 Å². The average Bonchev–Trinajstić information content (AvgIpc) is 3.18. The molecule has 178 valence electrons. The highest BCUT2D eigenvalue weighted by Crippen LogP contribution is 2.39. The lowest BCUT2D eigenvalue weighted by atomic mass is 9.95. The van der Waals surface area contributed by atoms with Crippen molar-refractivity contribution in [3.05, 3.63) is 77.0 Å². The van der Waals surface area contributed by atoms with Gasteiger partial charge in [-0.05, 0) is 29.2 Å². The van der Waals surface area contributed by atoms with Crippen LogP contribution in [0.5, 0.6) is 5.75 Å². The standard InChI is InChI=1S/C26H30N4O4/c1-16(2)14-27-24(31)23(18-8-6-5-7-9-18)30-15-20-21(25(30)32)22(28-26(33)29(20)3)17-10-12-19(34-4)13-11-17/h5-13,16,22-23H,14-15H2,1-4H3,(H,27,31)(H,28,33)/t22-,23-/m1/s1. The van der Waals surface area contributed by atoms with Crippen LogP contribution in [0.25, 0.3) is 0 Å². The quantitative estimate of drug-likeness (QED) is 0.662. The molecule has 2 aliphatic heterocycles. The van der Waals surface area contributed by atoms with E-state index in [1.54, 1.807) is 31.2 Å². The Morgan fingerprint density at radius 1 is 1.12 bits per heavy atom. The number of ether oxygens (including phenoxy) is 1.